The molecule has 0 saturated carbocycles. The van der Waals surface area contributed by atoms with E-state index in [1.165, 1.54) is 11.0 Å². The van der Waals surface area contributed by atoms with Gasteiger partial charge in [0.05, 0.1) is 13.1 Å². The SMILES string of the molecule is CCN(CC(=O)c1ccc(F)c(F)c1)CC(=O)N(C)C. The number of ketones is 1. The van der Waals surface area contributed by atoms with Crippen molar-refractivity contribution >= 4 is 11.7 Å². The number of likely N-dealkylation sites (N-methyl/N-ethyl adjacent to an activating group) is 2. The number of benzene rings is 1. The van der Waals surface area contributed by atoms with E-state index < -0.39 is 11.6 Å². The Morgan fingerprint density at radius 2 is 1.75 bits per heavy atom. The molecule has 0 saturated heterocycles. The lowest BCUT2D eigenvalue weighted by Crippen LogP contribution is -2.39. The minimum Gasteiger partial charge on any atom is -0.348 e. The van der Waals surface area contributed by atoms with Gasteiger partial charge in [0, 0.05) is 19.7 Å². The van der Waals surface area contributed by atoms with E-state index in [0.29, 0.717) is 6.54 Å². The van der Waals surface area contributed by atoms with Gasteiger partial charge in [0.1, 0.15) is 0 Å². The second kappa shape index (κ2) is 7.09. The molecule has 0 bridgehead atoms. The number of hydrogen-bond acceptors (Lipinski definition) is 3. The Morgan fingerprint density at radius 3 is 2.25 bits per heavy atom. The first-order valence-electron chi connectivity index (χ1n) is 6.26. The molecule has 0 N–H and O–H groups in total. The summed E-state index contributed by atoms with van der Waals surface area (Å²) in [6, 6.07) is 3.03. The number of halogens is 2. The van der Waals surface area contributed by atoms with Crippen LogP contribution in [0.5, 0.6) is 0 Å². The maximum absolute atomic E-state index is 13.1. The molecule has 1 amide bonds. The van der Waals surface area contributed by atoms with Gasteiger partial charge in [-0.2, -0.15) is 0 Å². The molecule has 0 atom stereocenters. The molecule has 1 rings (SSSR count). The maximum Gasteiger partial charge on any atom is 0.236 e. The summed E-state index contributed by atoms with van der Waals surface area (Å²) >= 11 is 0. The second-order valence-electron chi connectivity index (χ2n) is 4.64. The number of nitrogens with zero attached hydrogens (tertiary/aromatic N) is 2. The fourth-order valence-electron chi connectivity index (χ4n) is 1.58. The predicted molar refractivity (Wildman–Crippen MR) is 71.5 cm³/mol. The van der Waals surface area contributed by atoms with Gasteiger partial charge in [-0.05, 0) is 24.7 Å². The molecule has 0 heterocycles. The summed E-state index contributed by atoms with van der Waals surface area (Å²) in [7, 11) is 3.26. The average Bonchev–Trinajstić information content (AvgIpc) is 2.40. The van der Waals surface area contributed by atoms with Crippen molar-refractivity contribution in [1.29, 1.82) is 0 Å². The minimum atomic E-state index is -1.05. The van der Waals surface area contributed by atoms with Crippen LogP contribution in [0.2, 0.25) is 0 Å². The van der Waals surface area contributed by atoms with E-state index in [2.05, 4.69) is 0 Å². The Bertz CT molecular complexity index is 504. The lowest BCUT2D eigenvalue weighted by atomic mass is 10.1. The highest BCUT2D eigenvalue weighted by atomic mass is 19.2. The number of rotatable bonds is 6. The van der Waals surface area contributed by atoms with Crippen LogP contribution in [0.1, 0.15) is 17.3 Å². The summed E-state index contributed by atoms with van der Waals surface area (Å²) in [5.41, 5.74) is 0.0969. The van der Waals surface area contributed by atoms with Gasteiger partial charge >= 0.3 is 0 Å². The summed E-state index contributed by atoms with van der Waals surface area (Å²) < 4.78 is 25.9. The van der Waals surface area contributed by atoms with Crippen molar-refractivity contribution in [3.63, 3.8) is 0 Å². The Hall–Kier alpha value is -1.82. The third-order valence-electron chi connectivity index (χ3n) is 2.91. The van der Waals surface area contributed by atoms with Crippen LogP contribution in [0.3, 0.4) is 0 Å². The van der Waals surface area contributed by atoms with E-state index >= 15 is 0 Å². The quantitative estimate of drug-likeness (QED) is 0.744. The first-order valence-corrected chi connectivity index (χ1v) is 6.26. The van der Waals surface area contributed by atoms with E-state index in [1.807, 2.05) is 6.92 Å². The van der Waals surface area contributed by atoms with E-state index in [4.69, 9.17) is 0 Å². The molecule has 1 aromatic carbocycles. The molecule has 4 nitrogen and oxygen atoms in total. The van der Waals surface area contributed by atoms with Crippen molar-refractivity contribution < 1.29 is 18.4 Å². The van der Waals surface area contributed by atoms with Crippen LogP contribution in [-0.2, 0) is 4.79 Å². The highest BCUT2D eigenvalue weighted by molar-refractivity contribution is 5.97. The molecule has 0 spiro atoms. The second-order valence-corrected chi connectivity index (χ2v) is 4.64. The fourth-order valence-corrected chi connectivity index (χ4v) is 1.58. The highest BCUT2D eigenvalue weighted by Crippen LogP contribution is 2.10. The standard InChI is InChI=1S/C14H18F2N2O2/c1-4-18(9-14(20)17(2)3)8-13(19)10-5-6-11(15)12(16)7-10/h5-7H,4,8-9H2,1-3H3. The Balaban J connectivity index is 2.71. The van der Waals surface area contributed by atoms with Crippen LogP contribution in [0.4, 0.5) is 8.78 Å². The van der Waals surface area contributed by atoms with Gasteiger partial charge in [-0.3, -0.25) is 14.5 Å². The zero-order chi connectivity index (χ0) is 15.3. The van der Waals surface area contributed by atoms with Gasteiger partial charge in [0.25, 0.3) is 0 Å². The van der Waals surface area contributed by atoms with Crippen LogP contribution in [0.25, 0.3) is 0 Å². The third kappa shape index (κ3) is 4.38. The number of amides is 1. The number of hydrogen-bond donors (Lipinski definition) is 0. The van der Waals surface area contributed by atoms with E-state index in [0.717, 1.165) is 12.1 Å². The van der Waals surface area contributed by atoms with Crippen LogP contribution in [-0.4, -0.2) is 55.2 Å². The molecule has 0 aliphatic heterocycles. The Labute approximate surface area is 117 Å². The topological polar surface area (TPSA) is 40.6 Å². The van der Waals surface area contributed by atoms with Crippen molar-refractivity contribution in [3.05, 3.63) is 35.4 Å². The number of carbonyl (C=O) groups excluding carboxylic acids is 2. The van der Waals surface area contributed by atoms with Crippen molar-refractivity contribution in [3.8, 4) is 0 Å². The van der Waals surface area contributed by atoms with Gasteiger partial charge in [-0.1, -0.05) is 6.92 Å². The average molecular weight is 284 g/mol. The molecule has 110 valence electrons. The summed E-state index contributed by atoms with van der Waals surface area (Å²) in [6.45, 7) is 2.43. The molecule has 0 unspecified atom stereocenters. The zero-order valence-electron chi connectivity index (χ0n) is 11.8. The maximum atomic E-state index is 13.1. The third-order valence-corrected chi connectivity index (χ3v) is 2.91. The summed E-state index contributed by atoms with van der Waals surface area (Å²) in [5.74, 6) is -2.51. The monoisotopic (exact) mass is 284 g/mol. The normalized spacial score (nSPS) is 10.7. The molecule has 0 aromatic heterocycles. The summed E-state index contributed by atoms with van der Waals surface area (Å²) in [6.07, 6.45) is 0. The summed E-state index contributed by atoms with van der Waals surface area (Å²) in [5, 5.41) is 0. The first kappa shape index (κ1) is 16.2. The molecule has 0 aliphatic carbocycles. The highest BCUT2D eigenvalue weighted by Gasteiger charge is 2.16. The number of carbonyl (C=O) groups is 2. The lowest BCUT2D eigenvalue weighted by molar-refractivity contribution is -0.129. The van der Waals surface area contributed by atoms with Gasteiger partial charge in [0.2, 0.25) is 5.91 Å². The Morgan fingerprint density at radius 1 is 1.10 bits per heavy atom. The van der Waals surface area contributed by atoms with Gasteiger partial charge in [-0.25, -0.2) is 8.78 Å². The van der Waals surface area contributed by atoms with Crippen molar-refractivity contribution in [2.45, 2.75) is 6.92 Å². The van der Waals surface area contributed by atoms with Gasteiger partial charge in [-0.15, -0.1) is 0 Å². The van der Waals surface area contributed by atoms with Crippen molar-refractivity contribution in [1.82, 2.24) is 9.80 Å². The molecule has 20 heavy (non-hydrogen) atoms. The molecule has 6 heteroatoms. The van der Waals surface area contributed by atoms with Gasteiger partial charge < -0.3 is 4.90 Å². The zero-order valence-corrected chi connectivity index (χ0v) is 11.8. The predicted octanol–water partition coefficient (Wildman–Crippen LogP) is 1.56. The molecular weight excluding hydrogens is 266 g/mol. The minimum absolute atomic E-state index is 0.0127. The van der Waals surface area contributed by atoms with Crippen LogP contribution < -0.4 is 0 Å². The molecular formula is C14H18F2N2O2. The van der Waals surface area contributed by atoms with E-state index in [9.17, 15) is 18.4 Å². The number of Topliss-reactive ketones (excluding diaryl/α,β-unsaturated/α-hetero) is 1. The molecule has 1 aromatic rings. The van der Waals surface area contributed by atoms with Crippen LogP contribution in [0, 0.1) is 11.6 Å². The molecule has 0 fully saturated rings. The first-order chi connectivity index (χ1) is 9.35. The molecule has 0 aliphatic rings. The van der Waals surface area contributed by atoms with Crippen LogP contribution >= 0.6 is 0 Å². The largest absolute Gasteiger partial charge is 0.348 e. The Kier molecular flexibility index (Phi) is 5.76. The van der Waals surface area contributed by atoms with Crippen LogP contribution in [0.15, 0.2) is 18.2 Å². The molecule has 0 radical (unpaired) electrons. The van der Waals surface area contributed by atoms with Gasteiger partial charge in [0.15, 0.2) is 17.4 Å². The fraction of sp³-hybridized carbons (Fsp3) is 0.429. The van der Waals surface area contributed by atoms with Crippen molar-refractivity contribution in [2.75, 3.05) is 33.7 Å². The van der Waals surface area contributed by atoms with E-state index in [1.54, 1.807) is 19.0 Å². The van der Waals surface area contributed by atoms with E-state index in [-0.39, 0.29) is 30.3 Å². The lowest BCUT2D eigenvalue weighted by Gasteiger charge is -2.21. The van der Waals surface area contributed by atoms with Crippen molar-refractivity contribution in [2.24, 2.45) is 0 Å². The summed E-state index contributed by atoms with van der Waals surface area (Å²) in [4.78, 5) is 26.6. The smallest absolute Gasteiger partial charge is 0.236 e.